The molecule has 1 aliphatic rings. The summed E-state index contributed by atoms with van der Waals surface area (Å²) in [6.45, 7) is 0.776. The molecule has 1 aliphatic heterocycles. The largest absolute Gasteiger partial charge is 0.492 e. The van der Waals surface area contributed by atoms with Gasteiger partial charge in [0.05, 0.1) is 11.4 Å². The highest BCUT2D eigenvalue weighted by Crippen LogP contribution is 2.37. The number of rotatable bonds is 8. The number of para-hydroxylation sites is 1. The molecule has 0 atom stereocenters. The molecule has 0 spiro atoms. The second-order valence-corrected chi connectivity index (χ2v) is 10.1. The molecular weight excluding hydrogens is 506 g/mol. The Labute approximate surface area is 230 Å². The van der Waals surface area contributed by atoms with Crippen LogP contribution in [0.2, 0.25) is 0 Å². The van der Waals surface area contributed by atoms with Crippen molar-refractivity contribution in [2.45, 2.75) is 6.61 Å². The summed E-state index contributed by atoms with van der Waals surface area (Å²) < 4.78 is 12.1. The van der Waals surface area contributed by atoms with Gasteiger partial charge in [-0.25, -0.2) is 0 Å². The summed E-state index contributed by atoms with van der Waals surface area (Å²) in [6, 6.07) is 35.6. The Morgan fingerprint density at radius 1 is 0.692 bits per heavy atom. The third-order valence-electron chi connectivity index (χ3n) is 6.67. The van der Waals surface area contributed by atoms with Crippen LogP contribution in [0.25, 0.3) is 27.6 Å². The van der Waals surface area contributed by atoms with Gasteiger partial charge >= 0.3 is 0 Å². The molecule has 6 heteroatoms. The van der Waals surface area contributed by atoms with Gasteiger partial charge in [0.15, 0.2) is 0 Å². The van der Waals surface area contributed by atoms with Crippen LogP contribution in [0.4, 0.5) is 4.79 Å². The number of amides is 2. The van der Waals surface area contributed by atoms with E-state index in [1.54, 1.807) is 6.08 Å². The molecule has 1 fully saturated rings. The van der Waals surface area contributed by atoms with Crippen LogP contribution in [0.1, 0.15) is 11.1 Å². The maximum atomic E-state index is 13.3. The van der Waals surface area contributed by atoms with Gasteiger partial charge in [0.2, 0.25) is 0 Å². The number of thioether (sulfide) groups is 1. The second-order valence-electron chi connectivity index (χ2n) is 9.12. The molecule has 0 saturated carbocycles. The predicted octanol–water partition coefficient (Wildman–Crippen LogP) is 7.69. The summed E-state index contributed by atoms with van der Waals surface area (Å²) in [5, 5.41) is 3.97. The van der Waals surface area contributed by atoms with Crippen molar-refractivity contribution in [2.75, 3.05) is 13.2 Å². The van der Waals surface area contributed by atoms with Crippen molar-refractivity contribution in [1.82, 2.24) is 4.90 Å². The van der Waals surface area contributed by atoms with E-state index in [0.29, 0.717) is 23.0 Å². The number of benzene rings is 5. The van der Waals surface area contributed by atoms with E-state index in [1.165, 1.54) is 4.90 Å². The first-order chi connectivity index (χ1) is 19.2. The summed E-state index contributed by atoms with van der Waals surface area (Å²) in [6.07, 6.45) is 1.78. The van der Waals surface area contributed by atoms with Gasteiger partial charge in [-0.2, -0.15) is 0 Å². The van der Waals surface area contributed by atoms with Crippen LogP contribution < -0.4 is 9.47 Å². The van der Waals surface area contributed by atoms with Crippen LogP contribution in [-0.2, 0) is 11.4 Å². The van der Waals surface area contributed by atoms with Gasteiger partial charge in [-0.05, 0) is 63.1 Å². The topological polar surface area (TPSA) is 55.8 Å². The van der Waals surface area contributed by atoms with Crippen molar-refractivity contribution >= 4 is 50.5 Å². The first-order valence-electron chi connectivity index (χ1n) is 12.7. The van der Waals surface area contributed by atoms with E-state index in [9.17, 15) is 9.59 Å². The molecule has 1 saturated heterocycles. The van der Waals surface area contributed by atoms with Crippen LogP contribution in [0.15, 0.2) is 114 Å². The normalized spacial score (nSPS) is 14.5. The smallest absolute Gasteiger partial charge is 0.293 e. The minimum atomic E-state index is -0.324. The lowest BCUT2D eigenvalue weighted by atomic mass is 10.0. The maximum Gasteiger partial charge on any atom is 0.293 e. The van der Waals surface area contributed by atoms with Crippen molar-refractivity contribution in [1.29, 1.82) is 0 Å². The lowest BCUT2D eigenvalue weighted by Crippen LogP contribution is -2.32. The fourth-order valence-electron chi connectivity index (χ4n) is 4.72. The SMILES string of the molecule is O=C1S/C(=C\c2c(OCc3cccc4ccccc34)ccc3ccccc23)C(=O)N1CCOc1ccccc1. The first-order valence-corrected chi connectivity index (χ1v) is 13.5. The fourth-order valence-corrected chi connectivity index (χ4v) is 5.57. The molecule has 39 heavy (non-hydrogen) atoms. The number of hydrogen-bond acceptors (Lipinski definition) is 5. The highest BCUT2D eigenvalue weighted by atomic mass is 32.2. The Balaban J connectivity index is 1.27. The zero-order valence-corrected chi connectivity index (χ0v) is 21.9. The Morgan fingerprint density at radius 3 is 2.21 bits per heavy atom. The van der Waals surface area contributed by atoms with Gasteiger partial charge < -0.3 is 9.47 Å². The number of hydrogen-bond donors (Lipinski definition) is 0. The van der Waals surface area contributed by atoms with E-state index in [1.807, 2.05) is 84.9 Å². The van der Waals surface area contributed by atoms with Crippen molar-refractivity contribution in [3.8, 4) is 11.5 Å². The molecule has 2 amide bonds. The van der Waals surface area contributed by atoms with Crippen molar-refractivity contribution in [3.63, 3.8) is 0 Å². The minimum absolute atomic E-state index is 0.177. The van der Waals surface area contributed by atoms with Crippen LogP contribution in [0, 0.1) is 0 Å². The van der Waals surface area contributed by atoms with Crippen molar-refractivity contribution < 1.29 is 19.1 Å². The third-order valence-corrected chi connectivity index (χ3v) is 7.58. The van der Waals surface area contributed by atoms with Crippen LogP contribution in [0.5, 0.6) is 11.5 Å². The molecular formula is C33H25NO4S. The molecule has 0 N–H and O–H groups in total. The van der Waals surface area contributed by atoms with Crippen molar-refractivity contribution in [2.24, 2.45) is 0 Å². The Bertz CT molecular complexity index is 1710. The molecule has 5 aromatic rings. The fraction of sp³-hybridized carbons (Fsp3) is 0.0909. The van der Waals surface area contributed by atoms with Gasteiger partial charge in [-0.3, -0.25) is 14.5 Å². The van der Waals surface area contributed by atoms with Crippen LogP contribution in [-0.4, -0.2) is 29.2 Å². The number of carbonyl (C=O) groups is 2. The van der Waals surface area contributed by atoms with E-state index in [2.05, 4.69) is 24.3 Å². The number of nitrogens with zero attached hydrogens (tertiary/aromatic N) is 1. The highest BCUT2D eigenvalue weighted by Gasteiger charge is 2.35. The van der Waals surface area contributed by atoms with Crippen molar-refractivity contribution in [3.05, 3.63) is 125 Å². The average molecular weight is 532 g/mol. The zero-order chi connectivity index (χ0) is 26.6. The third kappa shape index (κ3) is 5.24. The Morgan fingerprint density at radius 2 is 1.38 bits per heavy atom. The average Bonchev–Trinajstić information content (AvgIpc) is 3.24. The van der Waals surface area contributed by atoms with E-state index in [4.69, 9.17) is 9.47 Å². The highest BCUT2D eigenvalue weighted by molar-refractivity contribution is 8.18. The molecule has 6 rings (SSSR count). The standard InChI is InChI=1S/C33H25NO4S/c35-32-31(39-33(36)34(32)19-20-37-26-13-2-1-3-14-26)21-29-28-16-7-5-10-24(28)17-18-30(29)38-22-25-12-8-11-23-9-4-6-15-27(23)25/h1-18,21H,19-20,22H2/b31-21-. The van der Waals surface area contributed by atoms with Gasteiger partial charge in [0, 0.05) is 5.56 Å². The van der Waals surface area contributed by atoms with E-state index >= 15 is 0 Å². The molecule has 192 valence electrons. The number of ether oxygens (including phenoxy) is 2. The molecule has 0 aliphatic carbocycles. The number of fused-ring (bicyclic) bond motifs is 2. The first kappa shape index (κ1) is 24.8. The number of carbonyl (C=O) groups excluding carboxylic acids is 2. The Kier molecular flexibility index (Phi) is 7.02. The van der Waals surface area contributed by atoms with Crippen LogP contribution in [0.3, 0.4) is 0 Å². The summed E-state index contributed by atoms with van der Waals surface area (Å²) in [5.41, 5.74) is 1.85. The Hall–Kier alpha value is -4.55. The summed E-state index contributed by atoms with van der Waals surface area (Å²) in [5.74, 6) is 1.03. The lowest BCUT2D eigenvalue weighted by Gasteiger charge is -2.14. The molecule has 0 bridgehead atoms. The molecule has 0 radical (unpaired) electrons. The lowest BCUT2D eigenvalue weighted by molar-refractivity contribution is -0.123. The summed E-state index contributed by atoms with van der Waals surface area (Å²) in [7, 11) is 0. The predicted molar refractivity (Wildman–Crippen MR) is 157 cm³/mol. The zero-order valence-electron chi connectivity index (χ0n) is 21.1. The van der Waals surface area contributed by atoms with E-state index in [0.717, 1.165) is 44.4 Å². The molecule has 5 nitrogen and oxygen atoms in total. The molecule has 5 aromatic carbocycles. The number of imide groups is 1. The molecule has 1 heterocycles. The maximum absolute atomic E-state index is 13.3. The quantitative estimate of drug-likeness (QED) is 0.192. The second kappa shape index (κ2) is 11.1. The minimum Gasteiger partial charge on any atom is -0.492 e. The summed E-state index contributed by atoms with van der Waals surface area (Å²) >= 11 is 0.944. The van der Waals surface area contributed by atoms with Gasteiger partial charge in [-0.1, -0.05) is 91.0 Å². The molecule has 0 aromatic heterocycles. The molecule has 0 unspecified atom stereocenters. The summed E-state index contributed by atoms with van der Waals surface area (Å²) in [4.78, 5) is 27.6. The van der Waals surface area contributed by atoms with Crippen LogP contribution >= 0.6 is 11.8 Å². The van der Waals surface area contributed by atoms with Gasteiger partial charge in [0.25, 0.3) is 11.1 Å². The van der Waals surface area contributed by atoms with Gasteiger partial charge in [-0.15, -0.1) is 0 Å². The monoisotopic (exact) mass is 531 g/mol. The van der Waals surface area contributed by atoms with E-state index in [-0.39, 0.29) is 24.3 Å². The van der Waals surface area contributed by atoms with Gasteiger partial charge in [0.1, 0.15) is 24.7 Å². The van der Waals surface area contributed by atoms with E-state index < -0.39 is 0 Å².